The first-order valence-corrected chi connectivity index (χ1v) is 8.66. The van der Waals surface area contributed by atoms with Crippen LogP contribution < -0.4 is 10.9 Å². The molecule has 4 rings (SSSR count). The molecule has 26 heavy (non-hydrogen) atoms. The first kappa shape index (κ1) is 16.3. The first-order chi connectivity index (χ1) is 12.6. The molecule has 0 unspecified atom stereocenters. The molecular weight excluding hydrogens is 328 g/mol. The fourth-order valence-corrected chi connectivity index (χ4v) is 3.62. The van der Waals surface area contributed by atoms with E-state index in [-0.39, 0.29) is 23.6 Å². The number of carbonyl (C=O) groups is 1. The van der Waals surface area contributed by atoms with E-state index in [0.717, 1.165) is 18.4 Å². The Labute approximate surface area is 151 Å². The molecular formula is C20H20N4O2. The quantitative estimate of drug-likeness (QED) is 0.789. The van der Waals surface area contributed by atoms with Gasteiger partial charge in [0, 0.05) is 37.3 Å². The summed E-state index contributed by atoms with van der Waals surface area (Å²) in [5.74, 6) is -0.241. The largest absolute Gasteiger partial charge is 0.343 e. The van der Waals surface area contributed by atoms with Crippen molar-refractivity contribution in [1.29, 1.82) is 0 Å². The summed E-state index contributed by atoms with van der Waals surface area (Å²) in [6.07, 6.45) is 8.94. The third-order valence-corrected chi connectivity index (χ3v) is 5.05. The Morgan fingerprint density at radius 3 is 2.85 bits per heavy atom. The molecule has 1 amide bonds. The number of fused-ring (bicyclic) bond motifs is 1. The van der Waals surface area contributed by atoms with Gasteiger partial charge in [0.2, 0.25) is 0 Å². The van der Waals surface area contributed by atoms with Crippen molar-refractivity contribution in [2.45, 2.75) is 24.9 Å². The normalized spacial score (nSPS) is 19.0. The highest BCUT2D eigenvalue weighted by molar-refractivity contribution is 5.94. The summed E-state index contributed by atoms with van der Waals surface area (Å²) in [6, 6.07) is 11.1. The molecule has 1 aliphatic carbocycles. The summed E-state index contributed by atoms with van der Waals surface area (Å²) in [7, 11) is 1.66. The summed E-state index contributed by atoms with van der Waals surface area (Å²) < 4.78 is 3.49. The number of rotatable bonds is 3. The molecule has 0 fully saturated rings. The monoisotopic (exact) mass is 348 g/mol. The van der Waals surface area contributed by atoms with Crippen molar-refractivity contribution in [3.05, 3.63) is 88.4 Å². The molecule has 3 aromatic rings. The summed E-state index contributed by atoms with van der Waals surface area (Å²) in [6.45, 7) is 0. The average molecular weight is 348 g/mol. The molecule has 2 heterocycles. The number of benzene rings is 1. The van der Waals surface area contributed by atoms with Crippen molar-refractivity contribution in [2.75, 3.05) is 0 Å². The topological polar surface area (TPSA) is 68.9 Å². The Hall–Kier alpha value is -3.15. The number of aryl methyl sites for hydroxylation is 2. The number of amides is 1. The minimum atomic E-state index is -0.241. The van der Waals surface area contributed by atoms with Crippen LogP contribution in [0.1, 0.15) is 40.0 Å². The van der Waals surface area contributed by atoms with E-state index in [4.69, 9.17) is 0 Å². The Balaban J connectivity index is 1.69. The van der Waals surface area contributed by atoms with Crippen molar-refractivity contribution in [2.24, 2.45) is 7.05 Å². The lowest BCUT2D eigenvalue weighted by Crippen LogP contribution is -2.37. The molecule has 6 nitrogen and oxygen atoms in total. The number of pyridine rings is 1. The van der Waals surface area contributed by atoms with E-state index in [1.54, 1.807) is 31.8 Å². The van der Waals surface area contributed by atoms with E-state index in [0.29, 0.717) is 5.56 Å². The predicted octanol–water partition coefficient (Wildman–Crippen LogP) is 2.24. The van der Waals surface area contributed by atoms with Gasteiger partial charge in [-0.15, -0.1) is 0 Å². The molecule has 0 aliphatic heterocycles. The number of nitrogens with one attached hydrogen (secondary N) is 1. The highest BCUT2D eigenvalue weighted by atomic mass is 16.2. The van der Waals surface area contributed by atoms with Crippen molar-refractivity contribution in [1.82, 2.24) is 19.4 Å². The van der Waals surface area contributed by atoms with Crippen molar-refractivity contribution < 1.29 is 4.79 Å². The van der Waals surface area contributed by atoms with Crippen molar-refractivity contribution >= 4 is 5.91 Å². The standard InChI is InChI=1S/C20H20N4O2/c1-23-10-8-15(12-18(23)25)20(26)22-19-16-5-3-2-4-14(16)6-7-17(19)24-11-9-21-13-24/h2-5,8-13,17,19H,6-7H2,1H3,(H,22,26)/t17-,19+/m0/s1. The highest BCUT2D eigenvalue weighted by Crippen LogP contribution is 2.37. The maximum absolute atomic E-state index is 12.8. The smallest absolute Gasteiger partial charge is 0.252 e. The average Bonchev–Trinajstić information content (AvgIpc) is 3.18. The molecule has 6 heteroatoms. The van der Waals surface area contributed by atoms with Gasteiger partial charge < -0.3 is 14.5 Å². The number of nitrogens with zero attached hydrogens (tertiary/aromatic N) is 3. The van der Waals surface area contributed by atoms with E-state index in [1.807, 2.05) is 22.9 Å². The van der Waals surface area contributed by atoms with Crippen LogP contribution >= 0.6 is 0 Å². The fourth-order valence-electron chi connectivity index (χ4n) is 3.62. The second-order valence-corrected chi connectivity index (χ2v) is 6.63. The van der Waals surface area contributed by atoms with Gasteiger partial charge in [-0.05, 0) is 30.0 Å². The summed E-state index contributed by atoms with van der Waals surface area (Å²) in [4.78, 5) is 28.8. The molecule has 132 valence electrons. The van der Waals surface area contributed by atoms with E-state index in [9.17, 15) is 9.59 Å². The Bertz CT molecular complexity index is 991. The van der Waals surface area contributed by atoms with Gasteiger partial charge in [-0.1, -0.05) is 24.3 Å². The van der Waals surface area contributed by atoms with Crippen LogP contribution in [0, 0.1) is 0 Å². The molecule has 0 spiro atoms. The van der Waals surface area contributed by atoms with Crippen LogP contribution in [0.5, 0.6) is 0 Å². The molecule has 2 aromatic heterocycles. The van der Waals surface area contributed by atoms with E-state index < -0.39 is 0 Å². The van der Waals surface area contributed by atoms with Crippen LogP contribution in [0.15, 0.2) is 66.1 Å². The molecule has 0 saturated carbocycles. The molecule has 0 bridgehead atoms. The van der Waals surface area contributed by atoms with Crippen LogP contribution in [-0.4, -0.2) is 20.0 Å². The lowest BCUT2D eigenvalue weighted by atomic mass is 9.83. The van der Waals surface area contributed by atoms with Crippen LogP contribution in [0.4, 0.5) is 0 Å². The number of hydrogen-bond donors (Lipinski definition) is 1. The van der Waals surface area contributed by atoms with Crippen LogP contribution in [0.25, 0.3) is 0 Å². The van der Waals surface area contributed by atoms with Gasteiger partial charge in [0.25, 0.3) is 11.5 Å². The number of carbonyl (C=O) groups excluding carboxylic acids is 1. The van der Waals surface area contributed by atoms with Gasteiger partial charge in [0.15, 0.2) is 0 Å². The van der Waals surface area contributed by atoms with Crippen LogP contribution in [0.2, 0.25) is 0 Å². The first-order valence-electron chi connectivity index (χ1n) is 8.66. The van der Waals surface area contributed by atoms with Gasteiger partial charge in [-0.3, -0.25) is 9.59 Å². The molecule has 0 saturated heterocycles. The number of hydrogen-bond acceptors (Lipinski definition) is 3. The van der Waals surface area contributed by atoms with E-state index in [1.165, 1.54) is 16.2 Å². The maximum Gasteiger partial charge on any atom is 0.252 e. The van der Waals surface area contributed by atoms with Gasteiger partial charge in [-0.25, -0.2) is 4.98 Å². The zero-order chi connectivity index (χ0) is 18.1. The molecule has 1 aliphatic rings. The Morgan fingerprint density at radius 2 is 2.08 bits per heavy atom. The van der Waals surface area contributed by atoms with Gasteiger partial charge in [0.1, 0.15) is 0 Å². The maximum atomic E-state index is 12.8. The molecule has 1 N–H and O–H groups in total. The zero-order valence-corrected chi connectivity index (χ0v) is 14.5. The van der Waals surface area contributed by atoms with Gasteiger partial charge >= 0.3 is 0 Å². The van der Waals surface area contributed by atoms with Crippen molar-refractivity contribution in [3.63, 3.8) is 0 Å². The Morgan fingerprint density at radius 1 is 1.23 bits per heavy atom. The van der Waals surface area contributed by atoms with Gasteiger partial charge in [0.05, 0.1) is 18.4 Å². The summed E-state index contributed by atoms with van der Waals surface area (Å²) >= 11 is 0. The van der Waals surface area contributed by atoms with Gasteiger partial charge in [-0.2, -0.15) is 0 Å². The molecule has 0 radical (unpaired) electrons. The SMILES string of the molecule is Cn1ccc(C(=O)N[C@@H]2c3ccccc3CC[C@@H]2n2ccnc2)cc1=O. The fraction of sp³-hybridized carbons (Fsp3) is 0.250. The summed E-state index contributed by atoms with van der Waals surface area (Å²) in [5.41, 5.74) is 2.54. The zero-order valence-electron chi connectivity index (χ0n) is 14.5. The second kappa shape index (κ2) is 6.63. The third kappa shape index (κ3) is 2.94. The summed E-state index contributed by atoms with van der Waals surface area (Å²) in [5, 5.41) is 3.14. The predicted molar refractivity (Wildman–Crippen MR) is 97.9 cm³/mol. The number of aromatic nitrogens is 3. The van der Waals surface area contributed by atoms with E-state index in [2.05, 4.69) is 22.4 Å². The third-order valence-electron chi connectivity index (χ3n) is 5.05. The second-order valence-electron chi connectivity index (χ2n) is 6.63. The number of imidazole rings is 1. The minimum Gasteiger partial charge on any atom is -0.343 e. The minimum absolute atomic E-state index is 0.0860. The highest BCUT2D eigenvalue weighted by Gasteiger charge is 2.31. The Kier molecular flexibility index (Phi) is 4.16. The van der Waals surface area contributed by atoms with Crippen LogP contribution in [-0.2, 0) is 13.5 Å². The lowest BCUT2D eigenvalue weighted by molar-refractivity contribution is 0.0917. The molecule has 2 atom stereocenters. The van der Waals surface area contributed by atoms with E-state index >= 15 is 0 Å². The lowest BCUT2D eigenvalue weighted by Gasteiger charge is -2.35. The van der Waals surface area contributed by atoms with Crippen LogP contribution in [0.3, 0.4) is 0 Å². The van der Waals surface area contributed by atoms with Crippen molar-refractivity contribution in [3.8, 4) is 0 Å². The molecule has 1 aromatic carbocycles.